The highest BCUT2D eigenvalue weighted by Gasteiger charge is 2.46. The number of amides is 1. The lowest BCUT2D eigenvalue weighted by atomic mass is 9.95. The molecule has 2 aromatic rings. The number of hydrogen-bond acceptors (Lipinski definition) is 5. The number of aliphatic hydroxyl groups excluding tert-OH is 1. The van der Waals surface area contributed by atoms with Crippen LogP contribution in [0.1, 0.15) is 22.7 Å². The lowest BCUT2D eigenvalue weighted by Crippen LogP contribution is -2.32. The van der Waals surface area contributed by atoms with Gasteiger partial charge in [-0.3, -0.25) is 9.59 Å². The number of ether oxygens (including phenoxy) is 2. The molecular weight excluding hydrogens is 429 g/mol. The molecule has 1 unspecified atom stereocenters. The first-order valence-electron chi connectivity index (χ1n) is 9.17. The average Bonchev–Trinajstić information content (AvgIpc) is 2.98. The number of nitrogens with zero attached hydrogens (tertiary/aromatic N) is 1. The summed E-state index contributed by atoms with van der Waals surface area (Å²) in [5.74, 6) is -1.11. The number of carbonyl (C=O) groups is 2. The maximum Gasteiger partial charge on any atom is 0.295 e. The van der Waals surface area contributed by atoms with Crippen molar-refractivity contribution >= 4 is 40.7 Å². The van der Waals surface area contributed by atoms with Crippen molar-refractivity contribution in [3.8, 4) is 5.75 Å². The number of halogens is 2. The summed E-state index contributed by atoms with van der Waals surface area (Å²) in [6, 6.07) is 9.06. The van der Waals surface area contributed by atoms with Gasteiger partial charge in [-0.1, -0.05) is 29.3 Å². The van der Waals surface area contributed by atoms with Gasteiger partial charge in [-0.05, 0) is 48.4 Å². The van der Waals surface area contributed by atoms with Crippen LogP contribution in [-0.4, -0.2) is 49.1 Å². The van der Waals surface area contributed by atoms with Gasteiger partial charge in [0.05, 0.1) is 35.4 Å². The molecule has 1 saturated heterocycles. The number of carbonyl (C=O) groups excluding carboxylic acids is 2. The Morgan fingerprint density at radius 1 is 1.10 bits per heavy atom. The van der Waals surface area contributed by atoms with Crippen LogP contribution in [-0.2, 0) is 14.3 Å². The molecule has 0 aromatic heterocycles. The van der Waals surface area contributed by atoms with E-state index >= 15 is 0 Å². The van der Waals surface area contributed by atoms with Gasteiger partial charge in [0.25, 0.3) is 11.7 Å². The van der Waals surface area contributed by atoms with E-state index in [2.05, 4.69) is 0 Å². The minimum atomic E-state index is -0.822. The van der Waals surface area contributed by atoms with Crippen molar-refractivity contribution in [2.24, 2.45) is 0 Å². The number of methoxy groups -OCH3 is 2. The van der Waals surface area contributed by atoms with Crippen molar-refractivity contribution in [1.82, 2.24) is 4.90 Å². The number of benzene rings is 2. The molecule has 0 saturated carbocycles. The third-order valence-electron chi connectivity index (χ3n) is 5.00. The van der Waals surface area contributed by atoms with Crippen molar-refractivity contribution in [3.05, 3.63) is 68.7 Å². The maximum absolute atomic E-state index is 12.9. The van der Waals surface area contributed by atoms with Crippen LogP contribution < -0.4 is 4.74 Å². The van der Waals surface area contributed by atoms with Crippen LogP contribution >= 0.6 is 23.2 Å². The van der Waals surface area contributed by atoms with Crippen LogP contribution in [0, 0.1) is 6.92 Å². The summed E-state index contributed by atoms with van der Waals surface area (Å²) in [7, 11) is 3.05. The molecule has 1 fully saturated rings. The Kier molecular flexibility index (Phi) is 6.71. The Morgan fingerprint density at radius 3 is 2.43 bits per heavy atom. The normalized spacial score (nSPS) is 18.2. The third-order valence-corrected chi connectivity index (χ3v) is 5.74. The number of hydrogen-bond donors (Lipinski definition) is 1. The van der Waals surface area contributed by atoms with Crippen LogP contribution in [0.2, 0.25) is 10.0 Å². The van der Waals surface area contributed by atoms with Gasteiger partial charge < -0.3 is 19.5 Å². The third kappa shape index (κ3) is 4.03. The van der Waals surface area contributed by atoms with E-state index in [0.717, 1.165) is 5.56 Å². The van der Waals surface area contributed by atoms with Crippen LogP contribution in [0.5, 0.6) is 5.75 Å². The molecule has 3 rings (SSSR count). The smallest absolute Gasteiger partial charge is 0.295 e. The molecule has 1 aliphatic heterocycles. The standard InChI is InChI=1S/C22H21Cl2NO5/c1-12-10-14(5-7-17(12)30-3)20(26)18-19(13-4-6-15(23)16(24)11-13)25(8-9-29-2)22(28)21(18)27/h4-7,10-11,19,26H,8-9H2,1-3H3/b20-18+. The zero-order valence-electron chi connectivity index (χ0n) is 16.7. The molecule has 1 aliphatic rings. The Labute approximate surface area is 184 Å². The Bertz CT molecular complexity index is 1030. The fourth-order valence-electron chi connectivity index (χ4n) is 3.51. The molecule has 0 bridgehead atoms. The van der Waals surface area contributed by atoms with E-state index in [1.165, 1.54) is 12.0 Å². The highest BCUT2D eigenvalue weighted by Crippen LogP contribution is 2.41. The number of aliphatic hydroxyl groups is 1. The highest BCUT2D eigenvalue weighted by atomic mass is 35.5. The first-order chi connectivity index (χ1) is 14.3. The monoisotopic (exact) mass is 449 g/mol. The minimum absolute atomic E-state index is 0.0148. The van der Waals surface area contributed by atoms with Gasteiger partial charge in [0, 0.05) is 19.2 Å². The van der Waals surface area contributed by atoms with E-state index in [0.29, 0.717) is 21.9 Å². The zero-order valence-corrected chi connectivity index (χ0v) is 18.3. The van der Waals surface area contributed by atoms with Gasteiger partial charge in [-0.2, -0.15) is 0 Å². The number of aryl methyl sites for hydroxylation is 1. The molecule has 8 heteroatoms. The van der Waals surface area contributed by atoms with Gasteiger partial charge in [0.2, 0.25) is 0 Å². The quantitative estimate of drug-likeness (QED) is 0.402. The van der Waals surface area contributed by atoms with Crippen LogP contribution in [0.15, 0.2) is 42.0 Å². The molecule has 2 aromatic carbocycles. The van der Waals surface area contributed by atoms with Crippen LogP contribution in [0.4, 0.5) is 0 Å². The van der Waals surface area contributed by atoms with Crippen LogP contribution in [0.25, 0.3) is 5.76 Å². The maximum atomic E-state index is 12.9. The van der Waals surface area contributed by atoms with Crippen molar-refractivity contribution in [2.75, 3.05) is 27.4 Å². The number of likely N-dealkylation sites (tertiary alicyclic amines) is 1. The van der Waals surface area contributed by atoms with E-state index in [1.807, 2.05) is 6.92 Å². The molecule has 30 heavy (non-hydrogen) atoms. The summed E-state index contributed by atoms with van der Waals surface area (Å²) in [6.45, 7) is 2.22. The van der Waals surface area contributed by atoms with Crippen molar-refractivity contribution < 1.29 is 24.2 Å². The van der Waals surface area contributed by atoms with Crippen molar-refractivity contribution in [2.45, 2.75) is 13.0 Å². The molecule has 6 nitrogen and oxygen atoms in total. The summed E-state index contributed by atoms with van der Waals surface area (Å²) in [4.78, 5) is 27.0. The Morgan fingerprint density at radius 2 is 1.83 bits per heavy atom. The fourth-order valence-corrected chi connectivity index (χ4v) is 3.82. The number of Topliss-reactive ketones (excluding diaryl/α,β-unsaturated/α-hetero) is 1. The molecule has 0 spiro atoms. The molecule has 0 aliphatic carbocycles. The molecule has 158 valence electrons. The predicted octanol–water partition coefficient (Wildman–Crippen LogP) is 4.38. The lowest BCUT2D eigenvalue weighted by Gasteiger charge is -2.25. The topological polar surface area (TPSA) is 76.1 Å². The highest BCUT2D eigenvalue weighted by molar-refractivity contribution is 6.46. The Hall–Kier alpha value is -2.54. The van der Waals surface area contributed by atoms with Gasteiger partial charge in [0.15, 0.2) is 0 Å². The molecule has 0 radical (unpaired) electrons. The van der Waals surface area contributed by atoms with Crippen molar-refractivity contribution in [3.63, 3.8) is 0 Å². The number of rotatable bonds is 6. The fraction of sp³-hybridized carbons (Fsp3) is 0.273. The molecule has 1 amide bonds. The molecule has 1 N–H and O–H groups in total. The molecule has 1 atom stereocenters. The first kappa shape index (κ1) is 22.2. The van der Waals surface area contributed by atoms with E-state index in [1.54, 1.807) is 43.5 Å². The van der Waals surface area contributed by atoms with Gasteiger partial charge >= 0.3 is 0 Å². The van der Waals surface area contributed by atoms with Gasteiger partial charge in [-0.15, -0.1) is 0 Å². The van der Waals surface area contributed by atoms with Crippen molar-refractivity contribution in [1.29, 1.82) is 0 Å². The zero-order chi connectivity index (χ0) is 22.0. The summed E-state index contributed by atoms with van der Waals surface area (Å²) in [5, 5.41) is 11.7. The lowest BCUT2D eigenvalue weighted by molar-refractivity contribution is -0.140. The predicted molar refractivity (Wildman–Crippen MR) is 115 cm³/mol. The second-order valence-corrected chi connectivity index (χ2v) is 7.66. The van der Waals surface area contributed by atoms with E-state index < -0.39 is 17.7 Å². The average molecular weight is 450 g/mol. The second-order valence-electron chi connectivity index (χ2n) is 6.84. The molecule has 1 heterocycles. The first-order valence-corrected chi connectivity index (χ1v) is 9.93. The minimum Gasteiger partial charge on any atom is -0.507 e. The molecular formula is C22H21Cl2NO5. The second kappa shape index (κ2) is 9.08. The van der Waals surface area contributed by atoms with Crippen LogP contribution in [0.3, 0.4) is 0 Å². The van der Waals surface area contributed by atoms with E-state index in [4.69, 9.17) is 32.7 Å². The van der Waals surface area contributed by atoms with Gasteiger partial charge in [0.1, 0.15) is 11.5 Å². The largest absolute Gasteiger partial charge is 0.507 e. The Balaban J connectivity index is 2.19. The summed E-state index contributed by atoms with van der Waals surface area (Å²) < 4.78 is 10.3. The van der Waals surface area contributed by atoms with E-state index in [-0.39, 0.29) is 29.5 Å². The summed E-state index contributed by atoms with van der Waals surface area (Å²) in [5.41, 5.74) is 1.73. The summed E-state index contributed by atoms with van der Waals surface area (Å²) in [6.07, 6.45) is 0. The SMILES string of the molecule is COCCN1C(=O)C(=O)/C(=C(/O)c2ccc(OC)c(C)c2)C1c1ccc(Cl)c(Cl)c1. The summed E-state index contributed by atoms with van der Waals surface area (Å²) >= 11 is 12.2. The van der Waals surface area contributed by atoms with E-state index in [9.17, 15) is 14.7 Å². The number of ketones is 1. The van der Waals surface area contributed by atoms with Gasteiger partial charge in [-0.25, -0.2) is 0 Å².